The second-order valence-electron chi connectivity index (χ2n) is 7.23. The fourth-order valence-electron chi connectivity index (χ4n) is 3.47. The minimum atomic E-state index is -4.60. The predicted molar refractivity (Wildman–Crippen MR) is 118 cm³/mol. The molecular weight excluding hydrogens is 479 g/mol. The lowest BCUT2D eigenvalue weighted by Gasteiger charge is -2.24. The highest BCUT2D eigenvalue weighted by Gasteiger charge is 2.36. The number of carbonyl (C=O) groups is 2. The molecule has 7 nitrogen and oxygen atoms in total. The Balaban J connectivity index is 1.47. The maximum absolute atomic E-state index is 13.2. The predicted octanol–water partition coefficient (Wildman–Crippen LogP) is 5.83. The maximum Gasteiger partial charge on any atom is 0.418 e. The topological polar surface area (TPSA) is 87.2 Å². The number of nitrogens with one attached hydrogen (secondary N) is 2. The summed E-state index contributed by atoms with van der Waals surface area (Å²) in [4.78, 5) is 26.7. The highest BCUT2D eigenvalue weighted by Crippen LogP contribution is 2.37. The van der Waals surface area contributed by atoms with Crippen molar-refractivity contribution in [2.75, 3.05) is 17.2 Å². The van der Waals surface area contributed by atoms with Gasteiger partial charge in [0, 0.05) is 17.3 Å². The molecule has 2 N–H and O–H groups in total. The molecule has 1 fully saturated rings. The Bertz CT molecular complexity index is 1170. The Morgan fingerprint density at radius 2 is 1.79 bits per heavy atom. The number of hydrogen-bond acceptors (Lipinski definition) is 5. The van der Waals surface area contributed by atoms with Crippen LogP contribution >= 0.6 is 22.9 Å². The minimum absolute atomic E-state index is 0.106. The highest BCUT2D eigenvalue weighted by molar-refractivity contribution is 7.13. The molecule has 0 aliphatic carbocycles. The summed E-state index contributed by atoms with van der Waals surface area (Å²) in [5, 5.41) is 14.1. The van der Waals surface area contributed by atoms with E-state index in [1.54, 1.807) is 24.3 Å². The summed E-state index contributed by atoms with van der Waals surface area (Å²) in [6, 6.07) is 10.2. The van der Waals surface area contributed by atoms with Crippen LogP contribution in [-0.2, 0) is 6.18 Å². The number of rotatable bonds is 4. The van der Waals surface area contributed by atoms with E-state index < -0.39 is 29.7 Å². The molecule has 1 atom stereocenters. The van der Waals surface area contributed by atoms with Gasteiger partial charge in [0.2, 0.25) is 5.01 Å². The molecule has 3 aromatic rings. The van der Waals surface area contributed by atoms with E-state index in [1.807, 2.05) is 0 Å². The molecule has 0 spiro atoms. The van der Waals surface area contributed by atoms with Gasteiger partial charge in [-0.15, -0.1) is 10.2 Å². The Kier molecular flexibility index (Phi) is 6.52. The van der Waals surface area contributed by atoms with Crippen molar-refractivity contribution in [3.8, 4) is 0 Å². The van der Waals surface area contributed by atoms with Gasteiger partial charge in [0.1, 0.15) is 5.01 Å². The summed E-state index contributed by atoms with van der Waals surface area (Å²) in [5.41, 5.74) is -0.710. The van der Waals surface area contributed by atoms with Crippen LogP contribution in [0.1, 0.15) is 39.3 Å². The molecule has 2 heterocycles. The third-order valence-electron chi connectivity index (χ3n) is 5.01. The van der Waals surface area contributed by atoms with Crippen LogP contribution in [0.4, 0.5) is 29.3 Å². The number of aromatic nitrogens is 2. The zero-order chi connectivity index (χ0) is 23.6. The second kappa shape index (κ2) is 9.36. The number of hydrogen-bond donors (Lipinski definition) is 2. The lowest BCUT2D eigenvalue weighted by molar-refractivity contribution is -0.136. The molecule has 4 rings (SSSR count). The van der Waals surface area contributed by atoms with Gasteiger partial charge >= 0.3 is 12.2 Å². The van der Waals surface area contributed by atoms with Crippen LogP contribution in [0.3, 0.4) is 0 Å². The largest absolute Gasteiger partial charge is 0.418 e. The van der Waals surface area contributed by atoms with Crippen molar-refractivity contribution in [3.05, 3.63) is 69.1 Å². The SMILES string of the molecule is O=C(Nc1ccc(Cl)cc1)c1nnc([C@H]2CCCN2C(=O)Nc2ccccc2C(F)(F)F)s1. The number of carbonyl (C=O) groups excluding carboxylic acids is 2. The van der Waals surface area contributed by atoms with Crippen molar-refractivity contribution in [1.29, 1.82) is 0 Å². The molecular formula is C21H17ClF3N5O2S. The molecule has 2 aromatic carbocycles. The van der Waals surface area contributed by atoms with Crippen molar-refractivity contribution in [2.24, 2.45) is 0 Å². The quantitative estimate of drug-likeness (QED) is 0.476. The molecule has 1 aromatic heterocycles. The van der Waals surface area contributed by atoms with E-state index in [0.717, 1.165) is 17.4 Å². The van der Waals surface area contributed by atoms with Gasteiger partial charge in [-0.25, -0.2) is 4.79 Å². The number of anilines is 2. The summed E-state index contributed by atoms with van der Waals surface area (Å²) >= 11 is 6.87. The molecule has 3 amide bonds. The molecule has 172 valence electrons. The van der Waals surface area contributed by atoms with Crippen LogP contribution < -0.4 is 10.6 Å². The molecule has 0 bridgehead atoms. The lowest BCUT2D eigenvalue weighted by atomic mass is 10.1. The average molecular weight is 496 g/mol. The van der Waals surface area contributed by atoms with Crippen molar-refractivity contribution in [1.82, 2.24) is 15.1 Å². The van der Waals surface area contributed by atoms with Gasteiger partial charge in [-0.1, -0.05) is 35.1 Å². The number of benzene rings is 2. The van der Waals surface area contributed by atoms with Gasteiger partial charge in [0.25, 0.3) is 5.91 Å². The van der Waals surface area contributed by atoms with Crippen LogP contribution in [0.2, 0.25) is 5.02 Å². The maximum atomic E-state index is 13.2. The molecule has 1 aliphatic heterocycles. The van der Waals surface area contributed by atoms with Gasteiger partial charge in [-0.3, -0.25) is 4.79 Å². The Morgan fingerprint density at radius 3 is 2.52 bits per heavy atom. The standard InChI is InChI=1S/C21H17ClF3N5O2S/c22-12-7-9-13(10-8-12)26-17(31)19-29-28-18(33-19)16-6-3-11-30(16)20(32)27-15-5-2-1-4-14(15)21(23,24)25/h1-2,4-5,7-10,16H,3,6,11H2,(H,26,31)(H,27,32)/t16-/m1/s1. The van der Waals surface area contributed by atoms with Gasteiger partial charge in [0.15, 0.2) is 0 Å². The van der Waals surface area contributed by atoms with Gasteiger partial charge in [0.05, 0.1) is 17.3 Å². The summed E-state index contributed by atoms with van der Waals surface area (Å²) in [7, 11) is 0. The van der Waals surface area contributed by atoms with Gasteiger partial charge in [-0.2, -0.15) is 13.2 Å². The minimum Gasteiger partial charge on any atom is -0.320 e. The Labute approximate surface area is 195 Å². The van der Waals surface area contributed by atoms with E-state index in [0.29, 0.717) is 35.1 Å². The van der Waals surface area contributed by atoms with Crippen LogP contribution in [-0.4, -0.2) is 33.6 Å². The summed E-state index contributed by atoms with van der Waals surface area (Å²) in [6.45, 7) is 0.344. The molecule has 0 radical (unpaired) electrons. The number of alkyl halides is 3. The van der Waals surface area contributed by atoms with Crippen molar-refractivity contribution in [2.45, 2.75) is 25.1 Å². The monoisotopic (exact) mass is 495 g/mol. The zero-order valence-corrected chi connectivity index (χ0v) is 18.5. The highest BCUT2D eigenvalue weighted by atomic mass is 35.5. The molecule has 12 heteroatoms. The molecule has 0 saturated carbocycles. The summed E-state index contributed by atoms with van der Waals surface area (Å²) < 4.78 is 39.7. The number of amides is 3. The summed E-state index contributed by atoms with van der Waals surface area (Å²) in [5.74, 6) is -0.464. The van der Waals surface area contributed by atoms with Gasteiger partial charge < -0.3 is 15.5 Å². The molecule has 1 aliphatic rings. The molecule has 0 unspecified atom stereocenters. The Hall–Kier alpha value is -3.18. The smallest absolute Gasteiger partial charge is 0.320 e. The fourth-order valence-corrected chi connectivity index (χ4v) is 4.48. The van der Waals surface area contributed by atoms with Crippen LogP contribution in [0.25, 0.3) is 0 Å². The number of nitrogens with zero attached hydrogens (tertiary/aromatic N) is 3. The number of halogens is 4. The lowest BCUT2D eigenvalue weighted by Crippen LogP contribution is -2.35. The van der Waals surface area contributed by atoms with Crippen LogP contribution in [0.5, 0.6) is 0 Å². The molecule has 1 saturated heterocycles. The van der Waals surface area contributed by atoms with Crippen molar-refractivity contribution in [3.63, 3.8) is 0 Å². The third kappa shape index (κ3) is 5.25. The van der Waals surface area contributed by atoms with E-state index in [4.69, 9.17) is 11.6 Å². The zero-order valence-electron chi connectivity index (χ0n) is 16.9. The fraction of sp³-hybridized carbons (Fsp3) is 0.238. The number of urea groups is 1. The normalized spacial score (nSPS) is 16.0. The van der Waals surface area contributed by atoms with Gasteiger partial charge in [-0.05, 0) is 49.2 Å². The van der Waals surface area contributed by atoms with Crippen LogP contribution in [0.15, 0.2) is 48.5 Å². The summed E-state index contributed by atoms with van der Waals surface area (Å²) in [6.07, 6.45) is -3.40. The molecule has 33 heavy (non-hydrogen) atoms. The third-order valence-corrected chi connectivity index (χ3v) is 6.28. The first-order valence-corrected chi connectivity index (χ1v) is 11.1. The number of likely N-dealkylation sites (tertiary alicyclic amines) is 1. The van der Waals surface area contributed by atoms with Crippen molar-refractivity contribution >= 4 is 46.3 Å². The first-order chi connectivity index (χ1) is 15.7. The van der Waals surface area contributed by atoms with Crippen molar-refractivity contribution < 1.29 is 22.8 Å². The Morgan fingerprint density at radius 1 is 1.06 bits per heavy atom. The first kappa shape index (κ1) is 23.0. The van der Waals surface area contributed by atoms with E-state index in [9.17, 15) is 22.8 Å². The van der Waals surface area contributed by atoms with Crippen LogP contribution in [0, 0.1) is 0 Å². The number of para-hydroxylation sites is 1. The van der Waals surface area contributed by atoms with E-state index in [2.05, 4.69) is 20.8 Å². The van der Waals surface area contributed by atoms with E-state index >= 15 is 0 Å². The average Bonchev–Trinajstić information content (AvgIpc) is 3.44. The second-order valence-corrected chi connectivity index (χ2v) is 8.68. The van der Waals surface area contributed by atoms with E-state index in [1.165, 1.54) is 23.1 Å². The van der Waals surface area contributed by atoms with E-state index in [-0.39, 0.29) is 10.7 Å². The first-order valence-electron chi connectivity index (χ1n) is 9.86.